The van der Waals surface area contributed by atoms with Crippen molar-refractivity contribution < 1.29 is 9.90 Å². The van der Waals surface area contributed by atoms with Gasteiger partial charge in [-0.1, -0.05) is 19.3 Å². The van der Waals surface area contributed by atoms with Crippen molar-refractivity contribution in [1.29, 1.82) is 0 Å². The number of carboxylic acid groups (broad SMARTS) is 1. The molecule has 1 N–H and O–H groups in total. The first-order valence-corrected chi connectivity index (χ1v) is 7.73. The van der Waals surface area contributed by atoms with E-state index in [2.05, 4.69) is 16.9 Å². The van der Waals surface area contributed by atoms with Crippen LogP contribution in [-0.2, 0) is 11.3 Å². The maximum Gasteiger partial charge on any atom is 0.305 e. The second-order valence-electron chi connectivity index (χ2n) is 5.57. The predicted octanol–water partition coefficient (Wildman–Crippen LogP) is 3.06. The Balaban J connectivity index is 2.13. The summed E-state index contributed by atoms with van der Waals surface area (Å²) in [5.41, 5.74) is 2.77. The molecule has 0 atom stereocenters. The summed E-state index contributed by atoms with van der Waals surface area (Å²) in [7, 11) is 2.06. The van der Waals surface area contributed by atoms with Gasteiger partial charge < -0.3 is 5.11 Å². The summed E-state index contributed by atoms with van der Waals surface area (Å²) in [6.07, 6.45) is 5.75. The van der Waals surface area contributed by atoms with Crippen molar-refractivity contribution in [2.45, 2.75) is 57.5 Å². The van der Waals surface area contributed by atoms with Gasteiger partial charge in [-0.15, -0.1) is 11.3 Å². The molecule has 0 amide bonds. The van der Waals surface area contributed by atoms with Gasteiger partial charge in [0.1, 0.15) is 0 Å². The van der Waals surface area contributed by atoms with E-state index in [1.165, 1.54) is 11.3 Å². The van der Waals surface area contributed by atoms with Crippen LogP contribution in [0.4, 0.5) is 0 Å². The maximum atomic E-state index is 11.2. The van der Waals surface area contributed by atoms with Crippen LogP contribution >= 0.6 is 11.3 Å². The molecular weight excluding hydrogens is 260 g/mol. The number of rotatable bonds is 5. The van der Waals surface area contributed by atoms with Crippen molar-refractivity contribution in [1.82, 2.24) is 9.88 Å². The Morgan fingerprint density at radius 1 is 1.47 bits per heavy atom. The Morgan fingerprint density at radius 2 is 2.16 bits per heavy atom. The van der Waals surface area contributed by atoms with Crippen LogP contribution in [0.15, 0.2) is 5.51 Å². The van der Waals surface area contributed by atoms with Gasteiger partial charge in [0, 0.05) is 17.0 Å². The van der Waals surface area contributed by atoms with Gasteiger partial charge in [-0.25, -0.2) is 4.98 Å². The summed E-state index contributed by atoms with van der Waals surface area (Å²) < 4.78 is 0. The Hall–Kier alpha value is -0.940. The van der Waals surface area contributed by atoms with E-state index in [9.17, 15) is 9.90 Å². The van der Waals surface area contributed by atoms with Crippen LogP contribution in [0.1, 0.15) is 49.1 Å². The van der Waals surface area contributed by atoms with Crippen LogP contribution in [0.25, 0.3) is 0 Å². The maximum absolute atomic E-state index is 11.2. The van der Waals surface area contributed by atoms with Crippen molar-refractivity contribution in [2.24, 2.45) is 0 Å². The minimum Gasteiger partial charge on any atom is -0.481 e. The van der Waals surface area contributed by atoms with E-state index in [0.717, 1.165) is 37.9 Å². The molecule has 1 fully saturated rings. The number of nitrogens with zero attached hydrogens (tertiary/aromatic N) is 2. The molecule has 106 valence electrons. The van der Waals surface area contributed by atoms with Crippen LogP contribution in [0.2, 0.25) is 0 Å². The molecule has 19 heavy (non-hydrogen) atoms. The van der Waals surface area contributed by atoms with Gasteiger partial charge in [0.15, 0.2) is 0 Å². The van der Waals surface area contributed by atoms with Crippen molar-refractivity contribution in [3.8, 4) is 0 Å². The molecule has 1 aliphatic carbocycles. The minimum atomic E-state index is -0.685. The average molecular weight is 282 g/mol. The molecule has 1 aromatic heterocycles. The lowest BCUT2D eigenvalue weighted by molar-refractivity contribution is -0.141. The van der Waals surface area contributed by atoms with E-state index < -0.39 is 5.97 Å². The summed E-state index contributed by atoms with van der Waals surface area (Å²) in [6, 6.07) is 0. The number of aliphatic carboxylic acids is 1. The quantitative estimate of drug-likeness (QED) is 0.902. The third kappa shape index (κ3) is 3.34. The highest BCUT2D eigenvalue weighted by molar-refractivity contribution is 7.09. The number of hydrogen-bond acceptors (Lipinski definition) is 4. The van der Waals surface area contributed by atoms with Crippen LogP contribution in [0, 0.1) is 6.92 Å². The summed E-state index contributed by atoms with van der Waals surface area (Å²) in [5, 5.41) is 9.22. The van der Waals surface area contributed by atoms with Gasteiger partial charge in [0.05, 0.1) is 17.6 Å². The van der Waals surface area contributed by atoms with Gasteiger partial charge in [-0.2, -0.15) is 0 Å². The molecule has 1 heterocycles. The van der Waals surface area contributed by atoms with E-state index in [1.807, 2.05) is 12.4 Å². The van der Waals surface area contributed by atoms with Crippen LogP contribution in [-0.4, -0.2) is 33.5 Å². The normalized spacial score (nSPS) is 18.7. The molecule has 1 saturated carbocycles. The van der Waals surface area contributed by atoms with Gasteiger partial charge in [0.25, 0.3) is 0 Å². The molecule has 0 aliphatic heterocycles. The fourth-order valence-corrected chi connectivity index (χ4v) is 3.88. The van der Waals surface area contributed by atoms with Crippen molar-refractivity contribution in [3.05, 3.63) is 16.1 Å². The SMILES string of the molecule is Cc1ncsc1CN(C)C1(CC(=O)O)CCCCC1. The molecule has 0 aromatic carbocycles. The molecule has 1 aliphatic rings. The van der Waals surface area contributed by atoms with Crippen molar-refractivity contribution in [3.63, 3.8) is 0 Å². The monoisotopic (exact) mass is 282 g/mol. The molecular formula is C14H22N2O2S. The summed E-state index contributed by atoms with van der Waals surface area (Å²) in [6.45, 7) is 2.83. The highest BCUT2D eigenvalue weighted by Gasteiger charge is 2.38. The fraction of sp³-hybridized carbons (Fsp3) is 0.714. The van der Waals surface area contributed by atoms with E-state index in [-0.39, 0.29) is 12.0 Å². The van der Waals surface area contributed by atoms with Crippen molar-refractivity contribution >= 4 is 17.3 Å². The van der Waals surface area contributed by atoms with E-state index in [1.54, 1.807) is 11.3 Å². The first-order chi connectivity index (χ1) is 9.03. The number of aryl methyl sites for hydroxylation is 1. The van der Waals surface area contributed by atoms with Crippen LogP contribution in [0.5, 0.6) is 0 Å². The summed E-state index contributed by atoms with van der Waals surface area (Å²) >= 11 is 1.66. The fourth-order valence-electron chi connectivity index (χ4n) is 3.05. The summed E-state index contributed by atoms with van der Waals surface area (Å²) in [4.78, 5) is 19.0. The molecule has 0 unspecified atom stereocenters. The van der Waals surface area contributed by atoms with Crippen LogP contribution in [0.3, 0.4) is 0 Å². The molecule has 0 saturated heterocycles. The lowest BCUT2D eigenvalue weighted by Crippen LogP contribution is -2.48. The molecule has 5 heteroatoms. The Labute approximate surface area is 118 Å². The van der Waals surface area contributed by atoms with E-state index >= 15 is 0 Å². The topological polar surface area (TPSA) is 53.4 Å². The average Bonchev–Trinajstić information content (AvgIpc) is 2.75. The third-order valence-corrected chi connectivity index (χ3v) is 5.22. The number of hydrogen-bond donors (Lipinski definition) is 1. The van der Waals surface area contributed by atoms with E-state index in [0.29, 0.717) is 0 Å². The standard InChI is InChI=1S/C14H22N2O2S/c1-11-12(19-10-15-11)9-16(2)14(8-13(17)18)6-4-3-5-7-14/h10H,3-9H2,1-2H3,(H,17,18). The van der Waals surface area contributed by atoms with Gasteiger partial charge in [0.2, 0.25) is 0 Å². The Morgan fingerprint density at radius 3 is 2.68 bits per heavy atom. The largest absolute Gasteiger partial charge is 0.481 e. The van der Waals surface area contributed by atoms with Crippen LogP contribution < -0.4 is 0 Å². The zero-order valence-corrected chi connectivity index (χ0v) is 12.5. The molecule has 0 radical (unpaired) electrons. The predicted molar refractivity (Wildman–Crippen MR) is 76.4 cm³/mol. The Kier molecular flexibility index (Phi) is 4.58. The van der Waals surface area contributed by atoms with Gasteiger partial charge in [-0.05, 0) is 26.8 Å². The van der Waals surface area contributed by atoms with Gasteiger partial charge >= 0.3 is 5.97 Å². The molecule has 1 aromatic rings. The molecule has 0 bridgehead atoms. The lowest BCUT2D eigenvalue weighted by Gasteiger charge is -2.43. The number of thiazole rings is 1. The minimum absolute atomic E-state index is 0.166. The lowest BCUT2D eigenvalue weighted by atomic mass is 9.78. The number of carbonyl (C=O) groups is 1. The molecule has 2 rings (SSSR count). The first-order valence-electron chi connectivity index (χ1n) is 6.85. The highest BCUT2D eigenvalue weighted by Crippen LogP contribution is 2.37. The second-order valence-corrected chi connectivity index (χ2v) is 6.51. The zero-order chi connectivity index (χ0) is 13.9. The first kappa shape index (κ1) is 14.5. The summed E-state index contributed by atoms with van der Waals surface area (Å²) in [5.74, 6) is -0.685. The smallest absolute Gasteiger partial charge is 0.305 e. The zero-order valence-electron chi connectivity index (χ0n) is 11.7. The molecule has 0 spiro atoms. The second kappa shape index (κ2) is 6.01. The number of carboxylic acids is 1. The van der Waals surface area contributed by atoms with Crippen molar-refractivity contribution in [2.75, 3.05) is 7.05 Å². The number of aromatic nitrogens is 1. The van der Waals surface area contributed by atoms with Gasteiger partial charge in [-0.3, -0.25) is 9.69 Å². The third-order valence-electron chi connectivity index (χ3n) is 4.30. The highest BCUT2D eigenvalue weighted by atomic mass is 32.1. The Bertz CT molecular complexity index is 438. The molecule has 4 nitrogen and oxygen atoms in total. The van der Waals surface area contributed by atoms with E-state index in [4.69, 9.17) is 0 Å².